The van der Waals surface area contributed by atoms with Crippen molar-refractivity contribution < 1.29 is 0 Å². The van der Waals surface area contributed by atoms with Gasteiger partial charge in [-0.2, -0.15) is 0 Å². The van der Waals surface area contributed by atoms with Crippen molar-refractivity contribution in [2.75, 3.05) is 0 Å². The highest BCUT2D eigenvalue weighted by Gasteiger charge is 2.46. The normalized spacial score (nSPS) is 16.2. The lowest BCUT2D eigenvalue weighted by Crippen LogP contribution is -2.16. The first-order chi connectivity index (χ1) is 31.6. The summed E-state index contributed by atoms with van der Waals surface area (Å²) in [6.07, 6.45) is 2.67. The van der Waals surface area contributed by atoms with Crippen LogP contribution in [-0.2, 0) is 19.3 Å². The summed E-state index contributed by atoms with van der Waals surface area (Å²) in [5, 5.41) is 0. The van der Waals surface area contributed by atoms with Crippen molar-refractivity contribution in [3.05, 3.63) is 212 Å². The zero-order valence-corrected chi connectivity index (χ0v) is 43.2. The molecule has 3 heteroatoms. The lowest BCUT2D eigenvalue weighted by atomic mass is 9.77. The number of hydrogen-bond acceptors (Lipinski definition) is 0. The van der Waals surface area contributed by atoms with Gasteiger partial charge >= 0.3 is 0 Å². The molecular formula is C63H60Si3. The molecule has 324 valence electrons. The molecule has 0 bridgehead atoms. The van der Waals surface area contributed by atoms with E-state index in [0.29, 0.717) is 0 Å². The fourth-order valence-corrected chi connectivity index (χ4v) is 12.3. The lowest BCUT2D eigenvalue weighted by Gasteiger charge is -2.25. The van der Waals surface area contributed by atoms with Crippen molar-refractivity contribution in [3.8, 4) is 67.8 Å². The molecule has 0 amide bonds. The van der Waals surface area contributed by atoms with Gasteiger partial charge < -0.3 is 0 Å². The second kappa shape index (κ2) is 16.9. The van der Waals surface area contributed by atoms with Gasteiger partial charge in [-0.05, 0) is 121 Å². The second-order valence-electron chi connectivity index (χ2n) is 21.9. The van der Waals surface area contributed by atoms with Crippen molar-refractivity contribution in [3.63, 3.8) is 0 Å². The summed E-state index contributed by atoms with van der Waals surface area (Å²) in [6.45, 7) is 21.1. The standard InChI is InChI=1S/C63H60Si3/c1-64(2,3)37-34-43-22-10-13-25-46(43)40-55-49-28-16-19-31-52(49)58-61(55)59-53-32-20-17-29-50(53)56(41-47-26-14-11-23-44(47)35-38-65(4,5)6)63(59)60-54-33-21-18-30-51(54)57(62(58)60)42-48-27-15-12-24-45(48)36-39-66(7,8)9/h10-33,55-57H,40-42H2,1-9H3/t55-,56-,57-/m1/s1. The molecule has 0 saturated carbocycles. The number of rotatable bonds is 6. The smallest absolute Gasteiger partial charge is 0.127 e. The van der Waals surface area contributed by atoms with Crippen LogP contribution in [0.4, 0.5) is 0 Å². The maximum atomic E-state index is 3.72. The fourth-order valence-electron chi connectivity index (χ4n) is 10.8. The molecule has 7 aromatic rings. The van der Waals surface area contributed by atoms with Crippen LogP contribution in [0.1, 0.15) is 84.5 Å². The zero-order valence-electron chi connectivity index (χ0n) is 40.2. The van der Waals surface area contributed by atoms with Gasteiger partial charge in [-0.15, -0.1) is 16.6 Å². The predicted octanol–water partition coefficient (Wildman–Crippen LogP) is 15.4. The summed E-state index contributed by atoms with van der Waals surface area (Å²) in [5.41, 5.74) is 36.0. The van der Waals surface area contributed by atoms with Crippen LogP contribution in [0, 0.1) is 34.4 Å². The second-order valence-corrected chi connectivity index (χ2v) is 36.1. The molecule has 0 fully saturated rings. The van der Waals surface area contributed by atoms with Gasteiger partial charge in [0.25, 0.3) is 0 Å². The Morgan fingerprint density at radius 2 is 0.561 bits per heavy atom. The van der Waals surface area contributed by atoms with Gasteiger partial charge in [-0.3, -0.25) is 0 Å². The van der Waals surface area contributed by atoms with Gasteiger partial charge in [-0.1, -0.05) is 204 Å². The summed E-state index contributed by atoms with van der Waals surface area (Å²) in [6, 6.07) is 55.1. The number of hydrogen-bond donors (Lipinski definition) is 0. The van der Waals surface area contributed by atoms with E-state index in [1.54, 1.807) is 0 Å². The molecule has 0 heterocycles. The Hall–Kier alpha value is -6.13. The minimum atomic E-state index is -1.61. The number of fused-ring (bicyclic) bond motifs is 12. The van der Waals surface area contributed by atoms with Crippen LogP contribution in [0.5, 0.6) is 0 Å². The van der Waals surface area contributed by atoms with Crippen LogP contribution in [0.15, 0.2) is 146 Å². The SMILES string of the molecule is C[Si](C)(C)C#Cc1ccccc1C[C@@H]1c2ccccc2-c2c1c1c(c3c2[C@H](Cc2ccccc2C#C[Si](C)(C)C)c2ccccc2-3)[C@H](Cc2ccccc2C#C[Si](C)(C)C)c2ccccc2-1. The largest absolute Gasteiger partial charge is 0.129 e. The molecule has 3 aliphatic carbocycles. The Bertz CT molecular complexity index is 2900. The molecule has 0 nitrogen and oxygen atoms in total. The topological polar surface area (TPSA) is 0 Å². The zero-order chi connectivity index (χ0) is 46.0. The quantitative estimate of drug-likeness (QED) is 0.115. The first-order valence-electron chi connectivity index (χ1n) is 24.0. The minimum absolute atomic E-state index is 0.158. The number of benzene rings is 7. The van der Waals surface area contributed by atoms with E-state index in [2.05, 4.69) is 239 Å². The molecule has 0 unspecified atom stereocenters. The molecule has 0 N–H and O–H groups in total. The summed E-state index contributed by atoms with van der Waals surface area (Å²) >= 11 is 0. The van der Waals surface area contributed by atoms with Crippen molar-refractivity contribution in [1.29, 1.82) is 0 Å². The van der Waals surface area contributed by atoms with E-state index in [9.17, 15) is 0 Å². The molecule has 0 aliphatic heterocycles. The van der Waals surface area contributed by atoms with Gasteiger partial charge in [0.15, 0.2) is 0 Å². The van der Waals surface area contributed by atoms with Crippen LogP contribution in [0.3, 0.4) is 0 Å². The highest BCUT2D eigenvalue weighted by atomic mass is 28.3. The first-order valence-corrected chi connectivity index (χ1v) is 34.5. The van der Waals surface area contributed by atoms with Gasteiger partial charge in [0.2, 0.25) is 0 Å². The molecule has 3 atom stereocenters. The molecule has 10 rings (SSSR count). The monoisotopic (exact) mass is 900 g/mol. The van der Waals surface area contributed by atoms with Crippen LogP contribution in [-0.4, -0.2) is 24.2 Å². The van der Waals surface area contributed by atoms with Gasteiger partial charge in [0, 0.05) is 34.4 Å². The van der Waals surface area contributed by atoms with Crippen molar-refractivity contribution in [1.82, 2.24) is 0 Å². The van der Waals surface area contributed by atoms with E-state index >= 15 is 0 Å². The Kier molecular flexibility index (Phi) is 11.2. The van der Waals surface area contributed by atoms with Crippen LogP contribution >= 0.6 is 0 Å². The van der Waals surface area contributed by atoms with E-state index in [1.807, 2.05) is 0 Å². The van der Waals surface area contributed by atoms with Gasteiger partial charge in [0.1, 0.15) is 24.2 Å². The average molecular weight is 901 g/mol. The van der Waals surface area contributed by atoms with E-state index in [4.69, 9.17) is 0 Å². The molecule has 66 heavy (non-hydrogen) atoms. The summed E-state index contributed by atoms with van der Waals surface area (Å²) in [5.74, 6) is 11.6. The summed E-state index contributed by atoms with van der Waals surface area (Å²) in [4.78, 5) is 0. The summed E-state index contributed by atoms with van der Waals surface area (Å²) in [7, 11) is -4.83. The lowest BCUT2D eigenvalue weighted by molar-refractivity contribution is 0.800. The molecular weight excluding hydrogens is 841 g/mol. The van der Waals surface area contributed by atoms with E-state index in [-0.39, 0.29) is 17.8 Å². The van der Waals surface area contributed by atoms with Crippen LogP contribution in [0.2, 0.25) is 58.9 Å². The van der Waals surface area contributed by atoms with Crippen LogP contribution < -0.4 is 0 Å². The maximum absolute atomic E-state index is 3.72. The van der Waals surface area contributed by atoms with Crippen molar-refractivity contribution >= 4 is 24.2 Å². The molecule has 0 radical (unpaired) electrons. The van der Waals surface area contributed by atoms with E-state index in [0.717, 1.165) is 19.3 Å². The Morgan fingerprint density at radius 3 is 0.833 bits per heavy atom. The molecule has 0 spiro atoms. The maximum Gasteiger partial charge on any atom is 0.129 e. The molecule has 0 saturated heterocycles. The average Bonchev–Trinajstić information content (AvgIpc) is 3.90. The Balaban J connectivity index is 1.27. The third kappa shape index (κ3) is 8.33. The van der Waals surface area contributed by atoms with E-state index < -0.39 is 24.2 Å². The van der Waals surface area contributed by atoms with Crippen molar-refractivity contribution in [2.24, 2.45) is 0 Å². The fraction of sp³-hybridized carbons (Fsp3) is 0.238. The highest BCUT2D eigenvalue weighted by molar-refractivity contribution is 6.84. The molecule has 0 aromatic heterocycles. The van der Waals surface area contributed by atoms with Gasteiger partial charge in [-0.25, -0.2) is 0 Å². The van der Waals surface area contributed by atoms with E-state index in [1.165, 1.54) is 100 Å². The van der Waals surface area contributed by atoms with Crippen molar-refractivity contribution in [2.45, 2.75) is 95.9 Å². The molecule has 7 aromatic carbocycles. The third-order valence-corrected chi connectivity index (χ3v) is 16.1. The predicted molar refractivity (Wildman–Crippen MR) is 289 cm³/mol. The Labute approximate surface area is 398 Å². The first kappa shape index (κ1) is 43.7. The summed E-state index contributed by atoms with van der Waals surface area (Å²) < 4.78 is 0. The Morgan fingerprint density at radius 1 is 0.318 bits per heavy atom. The van der Waals surface area contributed by atoms with Gasteiger partial charge in [0.05, 0.1) is 0 Å². The minimum Gasteiger partial charge on any atom is -0.127 e. The third-order valence-electron chi connectivity index (χ3n) is 13.5. The highest BCUT2D eigenvalue weighted by Crippen LogP contribution is 2.65. The molecule has 3 aliphatic rings. The van der Waals surface area contributed by atoms with Crippen LogP contribution in [0.25, 0.3) is 33.4 Å².